The number of piperidine rings is 1. The van der Waals surface area contributed by atoms with Crippen LogP contribution in [0.15, 0.2) is 18.2 Å². The number of carbonyl (C=O) groups is 1. The summed E-state index contributed by atoms with van der Waals surface area (Å²) >= 11 is 6.15. The molecule has 3 nitrogen and oxygen atoms in total. The molecule has 2 rings (SSSR count). The fourth-order valence-electron chi connectivity index (χ4n) is 2.58. The fraction of sp³-hybridized carbons (Fsp3) is 0.533. The second kappa shape index (κ2) is 6.40. The van der Waals surface area contributed by atoms with Crippen molar-refractivity contribution in [1.29, 1.82) is 0 Å². The molecule has 0 atom stereocenters. The third kappa shape index (κ3) is 3.48. The number of nitrogens with zero attached hydrogens (tertiary/aromatic N) is 1. The van der Waals surface area contributed by atoms with Crippen LogP contribution in [0.5, 0.6) is 0 Å². The molecule has 1 fully saturated rings. The van der Waals surface area contributed by atoms with E-state index in [1.54, 1.807) is 7.11 Å². The zero-order valence-electron chi connectivity index (χ0n) is 11.5. The van der Waals surface area contributed by atoms with Crippen LogP contribution in [0.4, 0.5) is 5.69 Å². The molecule has 1 aromatic carbocycles. The number of hydrogen-bond donors (Lipinski definition) is 0. The number of hydrogen-bond acceptors (Lipinski definition) is 3. The van der Waals surface area contributed by atoms with Crippen LogP contribution in [-0.2, 0) is 4.74 Å². The molecule has 0 spiro atoms. The number of ketones is 1. The van der Waals surface area contributed by atoms with Crippen LogP contribution in [-0.4, -0.2) is 32.6 Å². The molecule has 4 heteroatoms. The molecule has 1 heterocycles. The first-order valence-electron chi connectivity index (χ1n) is 6.66. The molecule has 19 heavy (non-hydrogen) atoms. The number of Topliss-reactive ketones (excluding diaryl/α,β-unsaturated/α-hetero) is 1. The molecule has 0 aromatic heterocycles. The van der Waals surface area contributed by atoms with Gasteiger partial charge < -0.3 is 9.64 Å². The van der Waals surface area contributed by atoms with Crippen LogP contribution in [0.25, 0.3) is 0 Å². The van der Waals surface area contributed by atoms with Crippen LogP contribution < -0.4 is 4.90 Å². The van der Waals surface area contributed by atoms with Gasteiger partial charge in [-0.25, -0.2) is 0 Å². The Kier molecular flexibility index (Phi) is 4.83. The number of carbonyl (C=O) groups excluding carboxylic acids is 1. The number of benzene rings is 1. The van der Waals surface area contributed by atoms with Gasteiger partial charge in [0.05, 0.1) is 5.02 Å². The monoisotopic (exact) mass is 281 g/mol. The van der Waals surface area contributed by atoms with Crippen molar-refractivity contribution in [3.8, 4) is 0 Å². The summed E-state index contributed by atoms with van der Waals surface area (Å²) in [5.74, 6) is 0.670. The zero-order valence-corrected chi connectivity index (χ0v) is 12.2. The van der Waals surface area contributed by atoms with Crippen LogP contribution in [0.3, 0.4) is 0 Å². The van der Waals surface area contributed by atoms with E-state index in [0.717, 1.165) is 38.2 Å². The molecular weight excluding hydrogens is 262 g/mol. The third-order valence-electron chi connectivity index (χ3n) is 3.71. The Morgan fingerprint density at radius 3 is 2.63 bits per heavy atom. The van der Waals surface area contributed by atoms with Gasteiger partial charge in [-0.05, 0) is 43.9 Å². The Labute approximate surface area is 119 Å². The minimum absolute atomic E-state index is 0.00959. The van der Waals surface area contributed by atoms with Crippen molar-refractivity contribution >= 4 is 23.1 Å². The Balaban J connectivity index is 2.04. The molecule has 1 aliphatic heterocycles. The topological polar surface area (TPSA) is 29.5 Å². The molecule has 0 bridgehead atoms. The summed E-state index contributed by atoms with van der Waals surface area (Å²) in [7, 11) is 1.76. The molecular formula is C15H20ClNO2. The van der Waals surface area contributed by atoms with Gasteiger partial charge in [0.25, 0.3) is 0 Å². The minimum Gasteiger partial charge on any atom is -0.384 e. The summed E-state index contributed by atoms with van der Waals surface area (Å²) in [6, 6.07) is 5.70. The summed E-state index contributed by atoms with van der Waals surface area (Å²) in [6.45, 7) is 4.42. The summed E-state index contributed by atoms with van der Waals surface area (Å²) in [5, 5.41) is 0.545. The predicted molar refractivity (Wildman–Crippen MR) is 78.3 cm³/mol. The van der Waals surface area contributed by atoms with Crippen molar-refractivity contribution < 1.29 is 9.53 Å². The second-order valence-corrected chi connectivity index (χ2v) is 5.51. The van der Waals surface area contributed by atoms with E-state index in [1.165, 1.54) is 6.92 Å². The van der Waals surface area contributed by atoms with Gasteiger partial charge in [0.1, 0.15) is 0 Å². The van der Waals surface area contributed by atoms with E-state index in [-0.39, 0.29) is 5.78 Å². The Hall–Kier alpha value is -1.06. The third-order valence-corrected chi connectivity index (χ3v) is 4.03. The highest BCUT2D eigenvalue weighted by molar-refractivity contribution is 6.34. The first-order valence-corrected chi connectivity index (χ1v) is 7.04. The van der Waals surface area contributed by atoms with Gasteiger partial charge >= 0.3 is 0 Å². The number of ether oxygens (including phenoxy) is 1. The lowest BCUT2D eigenvalue weighted by molar-refractivity contribution is 0.101. The number of anilines is 1. The Bertz CT molecular complexity index is 453. The highest BCUT2D eigenvalue weighted by Gasteiger charge is 2.20. The number of halogens is 1. The van der Waals surface area contributed by atoms with Gasteiger partial charge in [-0.3, -0.25) is 4.79 Å². The van der Waals surface area contributed by atoms with Gasteiger partial charge in [-0.2, -0.15) is 0 Å². The lowest BCUT2D eigenvalue weighted by Gasteiger charge is -2.33. The van der Waals surface area contributed by atoms with E-state index in [1.807, 2.05) is 18.2 Å². The number of methoxy groups -OCH3 is 1. The van der Waals surface area contributed by atoms with E-state index in [4.69, 9.17) is 16.3 Å². The second-order valence-electron chi connectivity index (χ2n) is 5.11. The molecule has 1 aliphatic rings. The standard InChI is InChI=1S/C15H20ClNO2/c1-11(18)14-4-3-13(9-15(14)16)17-7-5-12(6-8-17)10-19-2/h3-4,9,12H,5-8,10H2,1-2H3. The van der Waals surface area contributed by atoms with E-state index in [0.29, 0.717) is 16.5 Å². The van der Waals surface area contributed by atoms with Crippen molar-refractivity contribution in [2.75, 3.05) is 31.7 Å². The molecule has 1 aromatic rings. The molecule has 0 radical (unpaired) electrons. The molecule has 0 aliphatic carbocycles. The smallest absolute Gasteiger partial charge is 0.161 e. The highest BCUT2D eigenvalue weighted by atomic mass is 35.5. The quantitative estimate of drug-likeness (QED) is 0.792. The maximum Gasteiger partial charge on any atom is 0.161 e. The lowest BCUT2D eigenvalue weighted by Crippen LogP contribution is -2.35. The van der Waals surface area contributed by atoms with Gasteiger partial charge in [0, 0.05) is 38.1 Å². The van der Waals surface area contributed by atoms with Crippen LogP contribution in [0.1, 0.15) is 30.1 Å². The van der Waals surface area contributed by atoms with E-state index < -0.39 is 0 Å². The number of rotatable bonds is 4. The van der Waals surface area contributed by atoms with Crippen molar-refractivity contribution in [3.63, 3.8) is 0 Å². The molecule has 0 amide bonds. The van der Waals surface area contributed by atoms with Crippen LogP contribution in [0.2, 0.25) is 5.02 Å². The van der Waals surface area contributed by atoms with Crippen LogP contribution >= 0.6 is 11.6 Å². The Morgan fingerprint density at radius 1 is 1.42 bits per heavy atom. The summed E-state index contributed by atoms with van der Waals surface area (Å²) in [6.07, 6.45) is 2.28. The average molecular weight is 282 g/mol. The predicted octanol–water partition coefficient (Wildman–Crippen LogP) is 3.41. The van der Waals surface area contributed by atoms with Crippen molar-refractivity contribution in [2.24, 2.45) is 5.92 Å². The van der Waals surface area contributed by atoms with Gasteiger partial charge in [0.15, 0.2) is 5.78 Å². The average Bonchev–Trinajstić information content (AvgIpc) is 2.39. The van der Waals surface area contributed by atoms with Gasteiger partial charge in [0.2, 0.25) is 0 Å². The first-order chi connectivity index (χ1) is 9.11. The van der Waals surface area contributed by atoms with Gasteiger partial charge in [-0.15, -0.1) is 0 Å². The molecule has 104 valence electrons. The maximum absolute atomic E-state index is 11.4. The summed E-state index contributed by atoms with van der Waals surface area (Å²) in [5.41, 5.74) is 1.70. The molecule has 1 saturated heterocycles. The minimum atomic E-state index is 0.00959. The fourth-order valence-corrected chi connectivity index (χ4v) is 2.89. The van der Waals surface area contributed by atoms with Crippen molar-refractivity contribution in [1.82, 2.24) is 0 Å². The maximum atomic E-state index is 11.4. The van der Waals surface area contributed by atoms with Crippen LogP contribution in [0, 0.1) is 5.92 Å². The largest absolute Gasteiger partial charge is 0.384 e. The van der Waals surface area contributed by atoms with E-state index in [2.05, 4.69) is 4.90 Å². The lowest BCUT2D eigenvalue weighted by atomic mass is 9.97. The summed E-state index contributed by atoms with van der Waals surface area (Å²) < 4.78 is 5.21. The molecule has 0 saturated carbocycles. The van der Waals surface area contributed by atoms with E-state index in [9.17, 15) is 4.79 Å². The molecule has 0 N–H and O–H groups in total. The SMILES string of the molecule is COCC1CCN(c2ccc(C(C)=O)c(Cl)c2)CC1. The van der Waals surface area contributed by atoms with Gasteiger partial charge in [-0.1, -0.05) is 11.6 Å². The van der Waals surface area contributed by atoms with Crippen molar-refractivity contribution in [3.05, 3.63) is 28.8 Å². The summed E-state index contributed by atoms with van der Waals surface area (Å²) in [4.78, 5) is 13.7. The highest BCUT2D eigenvalue weighted by Crippen LogP contribution is 2.27. The van der Waals surface area contributed by atoms with Crippen molar-refractivity contribution in [2.45, 2.75) is 19.8 Å². The normalized spacial score (nSPS) is 16.7. The molecule has 0 unspecified atom stereocenters. The zero-order chi connectivity index (χ0) is 13.8. The van der Waals surface area contributed by atoms with E-state index >= 15 is 0 Å². The first kappa shape index (κ1) is 14.4. The Morgan fingerprint density at radius 2 is 2.11 bits per heavy atom.